The van der Waals surface area contributed by atoms with Crippen LogP contribution < -0.4 is 5.32 Å². The number of nitrogens with one attached hydrogen (secondary N) is 1. The molecule has 2 aromatic rings. The number of aliphatic imine (C=N–C) groups is 1. The van der Waals surface area contributed by atoms with Crippen molar-refractivity contribution in [2.45, 2.75) is 25.4 Å². The molecule has 1 N–H and O–H groups in total. The highest BCUT2D eigenvalue weighted by Crippen LogP contribution is 2.29. The average Bonchev–Trinajstić information content (AvgIpc) is 3.33. The monoisotopic (exact) mass is 531 g/mol. The quantitative estimate of drug-likeness (QED) is 0.283. The number of guanidine groups is 1. The summed E-state index contributed by atoms with van der Waals surface area (Å²) in [4.78, 5) is 6.72. The summed E-state index contributed by atoms with van der Waals surface area (Å²) in [6.07, 6.45) is 0.595. The number of aryl methyl sites for hydroxylation is 1. The zero-order valence-electron chi connectivity index (χ0n) is 16.9. The van der Waals surface area contributed by atoms with Gasteiger partial charge in [-0.25, -0.2) is 4.99 Å². The first kappa shape index (κ1) is 24.1. The summed E-state index contributed by atoms with van der Waals surface area (Å²) in [5, 5.41) is 7.51. The van der Waals surface area contributed by atoms with E-state index in [0.29, 0.717) is 11.5 Å². The zero-order valence-corrected chi connectivity index (χ0v) is 19.2. The molecule has 30 heavy (non-hydrogen) atoms. The van der Waals surface area contributed by atoms with E-state index in [9.17, 15) is 13.2 Å². The minimum atomic E-state index is -4.37. The lowest BCUT2D eigenvalue weighted by Gasteiger charge is -2.21. The van der Waals surface area contributed by atoms with E-state index in [-0.39, 0.29) is 30.5 Å². The zero-order chi connectivity index (χ0) is 20.9. The van der Waals surface area contributed by atoms with E-state index in [2.05, 4.69) is 32.1 Å². The smallest absolute Gasteiger partial charge is 0.356 e. The number of halogens is 4. The lowest BCUT2D eigenvalue weighted by molar-refractivity contribution is -0.137. The second kappa shape index (κ2) is 10.7. The van der Waals surface area contributed by atoms with Crippen molar-refractivity contribution in [2.75, 3.05) is 26.2 Å². The predicted octanol–water partition coefficient (Wildman–Crippen LogP) is 3.86. The summed E-state index contributed by atoms with van der Waals surface area (Å²) in [5.74, 6) is 6.80. The highest BCUT2D eigenvalue weighted by atomic mass is 127. The fraction of sp³-hybridized carbons (Fsp3) is 0.429. The van der Waals surface area contributed by atoms with Crippen LogP contribution in [0.2, 0.25) is 0 Å². The summed E-state index contributed by atoms with van der Waals surface area (Å²) in [6.45, 7) is 4.67. The Balaban J connectivity index is 0.00000320. The minimum Gasteiger partial charge on any atom is -0.356 e. The maximum absolute atomic E-state index is 12.8. The Morgan fingerprint density at radius 3 is 2.83 bits per heavy atom. The first-order chi connectivity index (χ1) is 13.9. The summed E-state index contributed by atoms with van der Waals surface area (Å²) in [5.41, 5.74) is 0.854. The summed E-state index contributed by atoms with van der Waals surface area (Å²) >= 11 is 0. The molecule has 1 aliphatic rings. The Bertz CT molecular complexity index is 926. The van der Waals surface area contributed by atoms with Crippen LogP contribution in [0.3, 0.4) is 0 Å². The number of likely N-dealkylation sites (tertiary alicyclic amines) is 1. The van der Waals surface area contributed by atoms with E-state index in [1.807, 2.05) is 26.4 Å². The molecule has 1 aromatic heterocycles. The largest absolute Gasteiger partial charge is 0.416 e. The van der Waals surface area contributed by atoms with E-state index in [0.717, 1.165) is 44.1 Å². The van der Waals surface area contributed by atoms with E-state index < -0.39 is 11.7 Å². The molecular formula is C21H25F3IN5. The molecule has 9 heteroatoms. The molecule has 0 spiro atoms. The number of benzene rings is 1. The normalized spacial score (nSPS) is 16.6. The van der Waals surface area contributed by atoms with Gasteiger partial charge in [-0.2, -0.15) is 18.3 Å². The van der Waals surface area contributed by atoms with Gasteiger partial charge in [0.05, 0.1) is 11.8 Å². The van der Waals surface area contributed by atoms with Crippen LogP contribution in [0.4, 0.5) is 13.2 Å². The number of nitrogens with zero attached hydrogens (tertiary/aromatic N) is 4. The maximum Gasteiger partial charge on any atom is 0.416 e. The van der Waals surface area contributed by atoms with E-state index in [4.69, 9.17) is 0 Å². The van der Waals surface area contributed by atoms with Gasteiger partial charge in [-0.05, 0) is 37.1 Å². The van der Waals surface area contributed by atoms with E-state index in [1.54, 1.807) is 10.7 Å². The van der Waals surface area contributed by atoms with Gasteiger partial charge in [0.1, 0.15) is 6.54 Å². The molecule has 0 radical (unpaired) electrons. The van der Waals surface area contributed by atoms with Gasteiger partial charge in [0.15, 0.2) is 5.96 Å². The van der Waals surface area contributed by atoms with Crippen LogP contribution >= 0.6 is 24.0 Å². The van der Waals surface area contributed by atoms with E-state index >= 15 is 0 Å². The average molecular weight is 531 g/mol. The second-order valence-corrected chi connectivity index (χ2v) is 6.93. The molecule has 0 bridgehead atoms. The summed E-state index contributed by atoms with van der Waals surface area (Å²) < 4.78 is 40.2. The van der Waals surface area contributed by atoms with Crippen LogP contribution in [0, 0.1) is 11.8 Å². The molecule has 0 amide bonds. The fourth-order valence-corrected chi connectivity index (χ4v) is 3.33. The van der Waals surface area contributed by atoms with Gasteiger partial charge in [-0.1, -0.05) is 17.9 Å². The van der Waals surface area contributed by atoms with Crippen LogP contribution in [0.1, 0.15) is 36.0 Å². The predicted molar refractivity (Wildman–Crippen MR) is 122 cm³/mol. The molecule has 1 saturated heterocycles. The van der Waals surface area contributed by atoms with Gasteiger partial charge in [0, 0.05) is 44.4 Å². The molecule has 1 atom stereocenters. The molecule has 3 rings (SSSR count). The lowest BCUT2D eigenvalue weighted by Crippen LogP contribution is -2.40. The van der Waals surface area contributed by atoms with Crippen LogP contribution in [0.15, 0.2) is 41.7 Å². The van der Waals surface area contributed by atoms with Gasteiger partial charge in [0.2, 0.25) is 0 Å². The van der Waals surface area contributed by atoms with Crippen LogP contribution in [0.5, 0.6) is 0 Å². The minimum absolute atomic E-state index is 0. The van der Waals surface area contributed by atoms with Crippen molar-refractivity contribution >= 4 is 29.9 Å². The van der Waals surface area contributed by atoms with Gasteiger partial charge >= 0.3 is 6.18 Å². The first-order valence-electron chi connectivity index (χ1n) is 9.54. The number of hydrogen-bond donors (Lipinski definition) is 1. The van der Waals surface area contributed by atoms with Gasteiger partial charge in [0.25, 0.3) is 0 Å². The standard InChI is InChI=1S/C21H24F3N5.HI/c1-3-25-20(29-11-9-17(15-29)18-13-27-28(2)14-18)26-10-5-7-16-6-4-8-19(12-16)21(22,23)24;/h4,6,8,12-14,17H,3,9-11,15H2,1-2H3,(H,25,26);1H. The molecule has 1 fully saturated rings. The second-order valence-electron chi connectivity index (χ2n) is 6.93. The van der Waals surface area contributed by atoms with Crippen LogP contribution in [-0.2, 0) is 13.2 Å². The van der Waals surface area contributed by atoms with Crippen molar-refractivity contribution in [1.29, 1.82) is 0 Å². The number of rotatable bonds is 3. The van der Waals surface area contributed by atoms with Crippen LogP contribution in [0.25, 0.3) is 0 Å². The molecule has 5 nitrogen and oxygen atoms in total. The summed E-state index contributed by atoms with van der Waals surface area (Å²) in [6, 6.07) is 5.03. The molecule has 1 aromatic carbocycles. The number of hydrogen-bond acceptors (Lipinski definition) is 2. The van der Waals surface area contributed by atoms with Gasteiger partial charge in [-0.3, -0.25) is 4.68 Å². The Hall–Kier alpha value is -2.22. The Labute approximate surface area is 191 Å². The molecule has 0 saturated carbocycles. The Kier molecular flexibility index (Phi) is 8.58. The first-order valence-corrected chi connectivity index (χ1v) is 9.54. The molecular weight excluding hydrogens is 506 g/mol. The van der Waals surface area contributed by atoms with Crippen molar-refractivity contribution in [3.63, 3.8) is 0 Å². The summed E-state index contributed by atoms with van der Waals surface area (Å²) in [7, 11) is 1.91. The van der Waals surface area contributed by atoms with Gasteiger partial charge in [-0.15, -0.1) is 24.0 Å². The number of aromatic nitrogens is 2. The van der Waals surface area contributed by atoms with E-state index in [1.165, 1.54) is 11.6 Å². The third-order valence-corrected chi connectivity index (χ3v) is 4.75. The third kappa shape index (κ3) is 6.39. The Morgan fingerprint density at radius 1 is 1.37 bits per heavy atom. The lowest BCUT2D eigenvalue weighted by atomic mass is 10.0. The van der Waals surface area contributed by atoms with Crippen LogP contribution in [-0.4, -0.2) is 46.8 Å². The van der Waals surface area contributed by atoms with Crippen molar-refractivity contribution < 1.29 is 13.2 Å². The SMILES string of the molecule is CCNC(=NCC#Cc1cccc(C(F)(F)F)c1)N1CCC(c2cnn(C)c2)C1.I. The molecule has 162 valence electrons. The highest BCUT2D eigenvalue weighted by molar-refractivity contribution is 14.0. The molecule has 1 unspecified atom stereocenters. The highest BCUT2D eigenvalue weighted by Gasteiger charge is 2.30. The van der Waals surface area contributed by atoms with Crippen molar-refractivity contribution in [2.24, 2.45) is 12.0 Å². The number of alkyl halides is 3. The van der Waals surface area contributed by atoms with Crippen molar-refractivity contribution in [1.82, 2.24) is 20.0 Å². The Morgan fingerprint density at radius 2 is 2.17 bits per heavy atom. The molecule has 1 aliphatic heterocycles. The van der Waals surface area contributed by atoms with Crippen molar-refractivity contribution in [3.05, 3.63) is 53.3 Å². The van der Waals surface area contributed by atoms with Gasteiger partial charge < -0.3 is 10.2 Å². The fourth-order valence-electron chi connectivity index (χ4n) is 3.33. The topological polar surface area (TPSA) is 45.5 Å². The third-order valence-electron chi connectivity index (χ3n) is 4.75. The molecule has 0 aliphatic carbocycles. The maximum atomic E-state index is 12.8. The van der Waals surface area contributed by atoms with Crippen molar-refractivity contribution in [3.8, 4) is 11.8 Å². The molecule has 2 heterocycles.